The van der Waals surface area contributed by atoms with Gasteiger partial charge in [0.15, 0.2) is 24.8 Å². The van der Waals surface area contributed by atoms with Gasteiger partial charge in [0.05, 0.1) is 19.3 Å². The monoisotopic (exact) mass is 768 g/mol. The SMILES string of the molecule is CCCCCC(=O)O[C@H]1[C@H](O[C@H]2[C@H](O)[C@@H](O)[C@H](OCC(O)CCCCCCCCCCCCC(O)C(=O)O)O[C@@H]2COC(C)=O)O[C@H](CO)[C@@H](O)[C@@H]1O. The fourth-order valence-electron chi connectivity index (χ4n) is 6.27. The minimum absolute atomic E-state index is 0.0199. The maximum Gasteiger partial charge on any atom is 0.332 e. The maximum absolute atomic E-state index is 12.6. The molecule has 0 spiro atoms. The van der Waals surface area contributed by atoms with Crippen molar-refractivity contribution in [1.82, 2.24) is 0 Å². The van der Waals surface area contributed by atoms with E-state index < -0.39 is 105 Å². The van der Waals surface area contributed by atoms with Crippen molar-refractivity contribution < 1.29 is 83.7 Å². The molecular weight excluding hydrogens is 704 g/mol. The zero-order valence-electron chi connectivity index (χ0n) is 31.1. The lowest BCUT2D eigenvalue weighted by Crippen LogP contribution is -2.65. The second-order valence-electron chi connectivity index (χ2n) is 14.0. The van der Waals surface area contributed by atoms with Gasteiger partial charge in [-0.2, -0.15) is 0 Å². The molecule has 8 N–H and O–H groups in total. The molecule has 2 heterocycles. The summed E-state index contributed by atoms with van der Waals surface area (Å²) >= 11 is 0. The summed E-state index contributed by atoms with van der Waals surface area (Å²) in [6.45, 7) is 1.68. The minimum atomic E-state index is -1.75. The maximum atomic E-state index is 12.6. The van der Waals surface area contributed by atoms with Crippen LogP contribution in [0, 0.1) is 0 Å². The van der Waals surface area contributed by atoms with Crippen LogP contribution in [0.2, 0.25) is 0 Å². The van der Waals surface area contributed by atoms with Gasteiger partial charge in [0.25, 0.3) is 0 Å². The molecule has 17 heteroatoms. The number of aliphatic hydroxyl groups excluding tert-OH is 7. The summed E-state index contributed by atoms with van der Waals surface area (Å²) in [5.74, 6) is -2.56. The highest BCUT2D eigenvalue weighted by atomic mass is 16.8. The summed E-state index contributed by atoms with van der Waals surface area (Å²) in [5, 5.41) is 81.6. The van der Waals surface area contributed by atoms with Crippen molar-refractivity contribution in [2.45, 2.75) is 190 Å². The van der Waals surface area contributed by atoms with E-state index in [2.05, 4.69) is 0 Å². The van der Waals surface area contributed by atoms with Gasteiger partial charge in [-0.05, 0) is 19.3 Å². The predicted octanol–water partition coefficient (Wildman–Crippen LogP) is 0.817. The van der Waals surface area contributed by atoms with E-state index in [1.165, 1.54) is 0 Å². The number of aliphatic hydroxyl groups is 7. The number of unbranched alkanes of at least 4 members (excludes halogenated alkanes) is 11. The first-order chi connectivity index (χ1) is 25.3. The van der Waals surface area contributed by atoms with E-state index in [1.807, 2.05) is 6.92 Å². The molecule has 2 unspecified atom stereocenters. The number of carbonyl (C=O) groups is 3. The largest absolute Gasteiger partial charge is 0.479 e. The van der Waals surface area contributed by atoms with Gasteiger partial charge in [-0.25, -0.2) is 4.79 Å². The lowest BCUT2D eigenvalue weighted by molar-refractivity contribution is -0.360. The van der Waals surface area contributed by atoms with Gasteiger partial charge in [-0.3, -0.25) is 9.59 Å². The molecule has 0 aromatic carbocycles. The Morgan fingerprint density at radius 1 is 0.698 bits per heavy atom. The Morgan fingerprint density at radius 3 is 1.83 bits per heavy atom. The number of rotatable bonds is 27. The van der Waals surface area contributed by atoms with Crippen molar-refractivity contribution in [2.24, 2.45) is 0 Å². The highest BCUT2D eigenvalue weighted by Crippen LogP contribution is 2.31. The highest BCUT2D eigenvalue weighted by molar-refractivity contribution is 5.71. The minimum Gasteiger partial charge on any atom is -0.479 e. The molecule has 2 saturated heterocycles. The summed E-state index contributed by atoms with van der Waals surface area (Å²) in [7, 11) is 0. The Balaban J connectivity index is 1.86. The van der Waals surface area contributed by atoms with E-state index in [9.17, 15) is 50.1 Å². The predicted molar refractivity (Wildman–Crippen MR) is 185 cm³/mol. The van der Waals surface area contributed by atoms with Gasteiger partial charge >= 0.3 is 17.9 Å². The van der Waals surface area contributed by atoms with Crippen molar-refractivity contribution in [3.05, 3.63) is 0 Å². The normalized spacial score (nSPS) is 30.1. The van der Waals surface area contributed by atoms with Crippen LogP contribution in [0.25, 0.3) is 0 Å². The number of esters is 2. The number of carboxylic acid groups (broad SMARTS) is 1. The van der Waals surface area contributed by atoms with Crippen LogP contribution in [0.3, 0.4) is 0 Å². The molecule has 2 fully saturated rings. The molecule has 0 amide bonds. The quantitative estimate of drug-likeness (QED) is 0.0424. The molecule has 17 nitrogen and oxygen atoms in total. The Labute approximate surface area is 311 Å². The fourth-order valence-corrected chi connectivity index (χ4v) is 6.27. The molecule has 53 heavy (non-hydrogen) atoms. The first-order valence-electron chi connectivity index (χ1n) is 19.1. The Hall–Kier alpha value is -2.03. The van der Waals surface area contributed by atoms with Crippen LogP contribution in [0.4, 0.5) is 0 Å². The third-order valence-corrected chi connectivity index (χ3v) is 9.46. The average molecular weight is 769 g/mol. The average Bonchev–Trinajstić information content (AvgIpc) is 3.12. The smallest absolute Gasteiger partial charge is 0.332 e. The molecule has 2 rings (SSSR count). The standard InChI is InChI=1S/C36H64O17/c1-3-4-13-18-27(41)52-33-29(43)28(42)25(19-37)50-36(33)53-32-26(21-48-22(2)38)51-35(31(45)30(32)44)49-20-23(39)16-14-11-9-7-5-6-8-10-12-15-17-24(40)34(46)47/h23-26,28-33,35-37,39-40,42-45H,3-21H2,1-2H3,(H,46,47)/t23?,24?,25-,26-,28-,29+,30-,31-,32-,33-,35-,36+/m1/s1. The van der Waals surface area contributed by atoms with Crippen LogP contribution >= 0.6 is 0 Å². The molecule has 0 radical (unpaired) electrons. The van der Waals surface area contributed by atoms with Crippen LogP contribution in [-0.2, 0) is 42.8 Å². The molecule has 310 valence electrons. The zero-order valence-corrected chi connectivity index (χ0v) is 31.1. The Kier molecular flexibility index (Phi) is 23.1. The van der Waals surface area contributed by atoms with Gasteiger partial charge in [-0.15, -0.1) is 0 Å². The lowest BCUT2D eigenvalue weighted by Gasteiger charge is -2.46. The van der Waals surface area contributed by atoms with Crippen LogP contribution < -0.4 is 0 Å². The third-order valence-electron chi connectivity index (χ3n) is 9.46. The summed E-state index contributed by atoms with van der Waals surface area (Å²) in [5.41, 5.74) is 0. The van der Waals surface area contributed by atoms with E-state index in [0.717, 1.165) is 77.6 Å². The van der Waals surface area contributed by atoms with Crippen LogP contribution in [-0.4, -0.2) is 152 Å². The summed E-state index contributed by atoms with van der Waals surface area (Å²) < 4.78 is 33.5. The first kappa shape index (κ1) is 47.1. The molecule has 0 aromatic heterocycles. The number of carbonyl (C=O) groups excluding carboxylic acids is 2. The third kappa shape index (κ3) is 17.1. The zero-order chi connectivity index (χ0) is 39.3. The van der Waals surface area contributed by atoms with Crippen LogP contribution in [0.5, 0.6) is 0 Å². The number of ether oxygens (including phenoxy) is 6. The van der Waals surface area contributed by atoms with E-state index in [4.69, 9.17) is 33.5 Å². The van der Waals surface area contributed by atoms with E-state index >= 15 is 0 Å². The number of hydrogen-bond acceptors (Lipinski definition) is 16. The van der Waals surface area contributed by atoms with Gasteiger partial charge in [0, 0.05) is 13.3 Å². The van der Waals surface area contributed by atoms with E-state index in [-0.39, 0.29) is 19.4 Å². The molecule has 0 saturated carbocycles. The number of aliphatic carboxylic acids is 1. The van der Waals surface area contributed by atoms with Gasteiger partial charge in [0.2, 0.25) is 0 Å². The summed E-state index contributed by atoms with van der Waals surface area (Å²) in [6.07, 6.45) is -5.55. The van der Waals surface area contributed by atoms with Gasteiger partial charge < -0.3 is 69.3 Å². The summed E-state index contributed by atoms with van der Waals surface area (Å²) in [4.78, 5) is 34.8. The first-order valence-corrected chi connectivity index (χ1v) is 19.1. The van der Waals surface area contributed by atoms with Gasteiger partial charge in [-0.1, -0.05) is 84.0 Å². The molecule has 2 aliphatic rings. The molecular formula is C36H64O17. The van der Waals surface area contributed by atoms with Crippen molar-refractivity contribution in [3.63, 3.8) is 0 Å². The van der Waals surface area contributed by atoms with Crippen molar-refractivity contribution in [3.8, 4) is 0 Å². The molecule has 0 bridgehead atoms. The second-order valence-corrected chi connectivity index (χ2v) is 14.0. The van der Waals surface area contributed by atoms with Gasteiger partial charge in [0.1, 0.15) is 49.3 Å². The van der Waals surface area contributed by atoms with E-state index in [1.54, 1.807) is 0 Å². The van der Waals surface area contributed by atoms with Crippen molar-refractivity contribution in [2.75, 3.05) is 19.8 Å². The van der Waals surface area contributed by atoms with E-state index in [0.29, 0.717) is 19.3 Å². The topological polar surface area (TPSA) is 268 Å². The lowest BCUT2D eigenvalue weighted by atomic mass is 9.96. The van der Waals surface area contributed by atoms with Crippen molar-refractivity contribution >= 4 is 17.9 Å². The van der Waals surface area contributed by atoms with Crippen molar-refractivity contribution in [1.29, 1.82) is 0 Å². The highest BCUT2D eigenvalue weighted by Gasteiger charge is 2.52. The Morgan fingerprint density at radius 2 is 1.26 bits per heavy atom. The summed E-state index contributed by atoms with van der Waals surface area (Å²) in [6, 6.07) is 0. The van der Waals surface area contributed by atoms with Crippen LogP contribution in [0.1, 0.15) is 117 Å². The number of carboxylic acids is 1. The number of hydrogen-bond donors (Lipinski definition) is 8. The fraction of sp³-hybridized carbons (Fsp3) is 0.917. The molecule has 2 aliphatic heterocycles. The Bertz CT molecular complexity index is 1030. The second kappa shape index (κ2) is 25.9. The molecule has 0 aliphatic carbocycles. The molecule has 12 atom stereocenters. The van der Waals surface area contributed by atoms with Crippen LogP contribution in [0.15, 0.2) is 0 Å². The molecule has 0 aromatic rings.